The first-order valence-corrected chi connectivity index (χ1v) is 14.0. The summed E-state index contributed by atoms with van der Waals surface area (Å²) in [6, 6.07) is 30.0. The van der Waals surface area contributed by atoms with Crippen LogP contribution in [-0.2, 0) is 10.3 Å². The second-order valence-corrected chi connectivity index (χ2v) is 10.2. The molecule has 4 aromatic rings. The summed E-state index contributed by atoms with van der Waals surface area (Å²) in [5.41, 5.74) is 5.13. The molecule has 0 saturated carbocycles. The summed E-state index contributed by atoms with van der Waals surface area (Å²) in [7, 11) is 0. The van der Waals surface area contributed by atoms with Gasteiger partial charge in [0.15, 0.2) is 5.60 Å². The number of nitrogens with zero attached hydrogens (tertiary/aromatic N) is 1. The number of ether oxygens (including phenoxy) is 2. The monoisotopic (exact) mass is 518 g/mol. The average molecular weight is 519 g/mol. The SMILES string of the molecule is CCCCCCN(CC)c1cccc(Nc2ccc3c(c2)C2(OC(=O)c4ccccc42)c2ccccc2O3)c1. The Kier molecular flexibility index (Phi) is 6.74. The lowest BCUT2D eigenvalue weighted by atomic mass is 9.77. The summed E-state index contributed by atoms with van der Waals surface area (Å²) in [5.74, 6) is 1.06. The van der Waals surface area contributed by atoms with Gasteiger partial charge in [-0.3, -0.25) is 0 Å². The van der Waals surface area contributed by atoms with Crippen LogP contribution >= 0.6 is 0 Å². The van der Waals surface area contributed by atoms with Crippen molar-refractivity contribution in [1.82, 2.24) is 0 Å². The van der Waals surface area contributed by atoms with E-state index >= 15 is 0 Å². The number of nitrogens with one attached hydrogen (secondary N) is 1. The van der Waals surface area contributed by atoms with E-state index in [1.54, 1.807) is 0 Å². The molecule has 2 aliphatic rings. The Bertz CT molecular complexity index is 1510. The van der Waals surface area contributed by atoms with Gasteiger partial charge in [0.2, 0.25) is 0 Å². The van der Waals surface area contributed by atoms with Gasteiger partial charge in [-0.15, -0.1) is 0 Å². The fraction of sp³-hybridized carbons (Fsp3) is 0.265. The maximum atomic E-state index is 13.1. The topological polar surface area (TPSA) is 50.8 Å². The molecular weight excluding hydrogens is 484 g/mol. The van der Waals surface area contributed by atoms with Crippen LogP contribution in [0.15, 0.2) is 91.0 Å². The number of unbranched alkanes of at least 4 members (excludes halogenated alkanes) is 3. The molecule has 1 atom stereocenters. The van der Waals surface area contributed by atoms with Crippen LogP contribution in [0, 0.1) is 0 Å². The zero-order valence-corrected chi connectivity index (χ0v) is 22.6. The molecule has 2 heterocycles. The Morgan fingerprint density at radius 1 is 0.744 bits per heavy atom. The number of benzene rings is 4. The van der Waals surface area contributed by atoms with Crippen molar-refractivity contribution in [3.05, 3.63) is 113 Å². The van der Waals surface area contributed by atoms with Crippen molar-refractivity contribution >= 4 is 23.0 Å². The second kappa shape index (κ2) is 10.5. The third kappa shape index (κ3) is 4.42. The molecule has 5 heteroatoms. The second-order valence-electron chi connectivity index (χ2n) is 10.2. The van der Waals surface area contributed by atoms with Crippen LogP contribution in [0.25, 0.3) is 0 Å². The summed E-state index contributed by atoms with van der Waals surface area (Å²) < 4.78 is 12.6. The maximum Gasteiger partial charge on any atom is 0.340 e. The first kappa shape index (κ1) is 25.1. The van der Waals surface area contributed by atoms with Crippen molar-refractivity contribution in [2.45, 2.75) is 45.1 Å². The Morgan fingerprint density at radius 2 is 1.51 bits per heavy atom. The molecule has 2 aliphatic heterocycles. The van der Waals surface area contributed by atoms with E-state index in [9.17, 15) is 4.79 Å². The van der Waals surface area contributed by atoms with Gasteiger partial charge in [0.1, 0.15) is 11.5 Å². The van der Waals surface area contributed by atoms with Gasteiger partial charge in [0.25, 0.3) is 0 Å². The highest BCUT2D eigenvalue weighted by atomic mass is 16.6. The molecule has 0 radical (unpaired) electrons. The van der Waals surface area contributed by atoms with Gasteiger partial charge in [-0.25, -0.2) is 4.79 Å². The van der Waals surface area contributed by atoms with Gasteiger partial charge in [-0.05, 0) is 61.9 Å². The van der Waals surface area contributed by atoms with Crippen molar-refractivity contribution in [3.63, 3.8) is 0 Å². The highest BCUT2D eigenvalue weighted by Crippen LogP contribution is 2.56. The zero-order valence-electron chi connectivity index (χ0n) is 22.6. The quantitative estimate of drug-likeness (QED) is 0.178. The molecule has 4 aromatic carbocycles. The van der Waals surface area contributed by atoms with Crippen LogP contribution in [0.5, 0.6) is 11.5 Å². The Labute approximate surface area is 230 Å². The lowest BCUT2D eigenvalue weighted by Crippen LogP contribution is -2.33. The summed E-state index contributed by atoms with van der Waals surface area (Å²) in [6.45, 7) is 6.48. The molecule has 0 fully saturated rings. The van der Waals surface area contributed by atoms with Crippen molar-refractivity contribution < 1.29 is 14.3 Å². The van der Waals surface area contributed by atoms with Gasteiger partial charge in [0, 0.05) is 46.8 Å². The van der Waals surface area contributed by atoms with Crippen molar-refractivity contribution in [3.8, 4) is 11.5 Å². The third-order valence-electron chi connectivity index (χ3n) is 7.78. The molecule has 1 spiro atoms. The molecule has 0 aromatic heterocycles. The van der Waals surface area contributed by atoms with E-state index < -0.39 is 5.60 Å². The molecule has 0 amide bonds. The smallest absolute Gasteiger partial charge is 0.340 e. The molecule has 6 rings (SSSR count). The van der Waals surface area contributed by atoms with Crippen LogP contribution < -0.4 is 15.0 Å². The number of hydrogen-bond donors (Lipinski definition) is 1. The standard InChI is InChI=1S/C34H34N2O3/c1-3-5-6-11-21-36(4-2)26-14-12-13-24(22-26)35-25-19-20-32-30(23-25)34(29-17-9-10-18-31(29)38-32)28-16-8-7-15-27(28)33(37)39-34/h7-10,12-20,22-23,35H,3-6,11,21H2,1-2H3. The van der Waals surface area contributed by atoms with E-state index in [1.165, 1.54) is 31.4 Å². The van der Waals surface area contributed by atoms with E-state index in [1.807, 2.05) is 60.7 Å². The van der Waals surface area contributed by atoms with Crippen LogP contribution in [0.3, 0.4) is 0 Å². The van der Waals surface area contributed by atoms with Crippen LogP contribution in [0.4, 0.5) is 17.1 Å². The van der Waals surface area contributed by atoms with Crippen molar-refractivity contribution in [2.24, 2.45) is 0 Å². The molecule has 0 bridgehead atoms. The third-order valence-corrected chi connectivity index (χ3v) is 7.78. The minimum absolute atomic E-state index is 0.321. The Balaban J connectivity index is 1.35. The molecule has 1 N–H and O–H groups in total. The fourth-order valence-corrected chi connectivity index (χ4v) is 5.85. The van der Waals surface area contributed by atoms with Gasteiger partial charge in [0.05, 0.1) is 5.56 Å². The van der Waals surface area contributed by atoms with Crippen LogP contribution in [0.2, 0.25) is 0 Å². The van der Waals surface area contributed by atoms with Crippen LogP contribution in [0.1, 0.15) is 66.6 Å². The molecule has 1 unspecified atom stereocenters. The van der Waals surface area contributed by atoms with Crippen molar-refractivity contribution in [1.29, 1.82) is 0 Å². The largest absolute Gasteiger partial charge is 0.456 e. The number of fused-ring (bicyclic) bond motifs is 6. The van der Waals surface area contributed by atoms with Crippen molar-refractivity contribution in [2.75, 3.05) is 23.3 Å². The van der Waals surface area contributed by atoms with E-state index in [-0.39, 0.29) is 5.97 Å². The van der Waals surface area contributed by atoms with E-state index in [4.69, 9.17) is 9.47 Å². The predicted molar refractivity (Wildman–Crippen MR) is 156 cm³/mol. The summed E-state index contributed by atoms with van der Waals surface area (Å²) in [6.07, 6.45) is 5.00. The maximum absolute atomic E-state index is 13.1. The Hall–Kier alpha value is -4.25. The lowest BCUT2D eigenvalue weighted by Gasteiger charge is -2.36. The van der Waals surface area contributed by atoms with Gasteiger partial charge in [-0.1, -0.05) is 68.7 Å². The van der Waals surface area contributed by atoms with E-state index in [0.717, 1.165) is 41.2 Å². The summed E-state index contributed by atoms with van der Waals surface area (Å²) in [4.78, 5) is 15.5. The lowest BCUT2D eigenvalue weighted by molar-refractivity contribution is 0.0224. The van der Waals surface area contributed by atoms with Crippen LogP contribution in [-0.4, -0.2) is 19.1 Å². The molecule has 5 nitrogen and oxygen atoms in total. The summed E-state index contributed by atoms with van der Waals surface area (Å²) >= 11 is 0. The number of rotatable bonds is 9. The van der Waals surface area contributed by atoms with Gasteiger partial charge >= 0.3 is 5.97 Å². The first-order valence-electron chi connectivity index (χ1n) is 14.0. The predicted octanol–water partition coefficient (Wildman–Crippen LogP) is 8.40. The molecular formula is C34H34N2O3. The number of para-hydroxylation sites is 1. The molecule has 0 aliphatic carbocycles. The zero-order chi connectivity index (χ0) is 26.8. The number of esters is 1. The number of carbonyl (C=O) groups is 1. The minimum atomic E-state index is -1.06. The van der Waals surface area contributed by atoms with E-state index in [2.05, 4.69) is 54.4 Å². The number of carbonyl (C=O) groups excluding carboxylic acids is 1. The Morgan fingerprint density at radius 3 is 2.36 bits per heavy atom. The average Bonchev–Trinajstić information content (AvgIpc) is 3.26. The highest BCUT2D eigenvalue weighted by Gasteiger charge is 2.53. The van der Waals surface area contributed by atoms with Gasteiger partial charge < -0.3 is 19.7 Å². The van der Waals surface area contributed by atoms with Gasteiger partial charge in [-0.2, -0.15) is 0 Å². The minimum Gasteiger partial charge on any atom is -0.456 e. The number of anilines is 3. The fourth-order valence-electron chi connectivity index (χ4n) is 5.85. The van der Waals surface area contributed by atoms with E-state index in [0.29, 0.717) is 17.1 Å². The molecule has 0 saturated heterocycles. The number of hydrogen-bond acceptors (Lipinski definition) is 5. The summed E-state index contributed by atoms with van der Waals surface area (Å²) in [5, 5.41) is 3.59. The molecule has 198 valence electrons. The highest BCUT2D eigenvalue weighted by molar-refractivity contribution is 5.97. The first-order chi connectivity index (χ1) is 19.1. The molecule has 39 heavy (non-hydrogen) atoms. The normalized spacial score (nSPS) is 16.6.